The van der Waals surface area contributed by atoms with Crippen LogP contribution in [0.2, 0.25) is 5.02 Å². The maximum atomic E-state index is 13.1. The highest BCUT2D eigenvalue weighted by Crippen LogP contribution is 2.32. The second-order valence-corrected chi connectivity index (χ2v) is 10.1. The van der Waals surface area contributed by atoms with E-state index in [0.29, 0.717) is 17.3 Å². The van der Waals surface area contributed by atoms with Gasteiger partial charge in [-0.1, -0.05) is 35.9 Å². The summed E-state index contributed by atoms with van der Waals surface area (Å²) < 4.78 is 30.1. The Morgan fingerprint density at radius 2 is 1.91 bits per heavy atom. The molecule has 1 aromatic heterocycles. The Morgan fingerprint density at radius 3 is 2.58 bits per heavy atom. The summed E-state index contributed by atoms with van der Waals surface area (Å²) in [5.41, 5.74) is 9.15. The molecule has 2 aromatic carbocycles. The molecule has 0 aliphatic carbocycles. The minimum absolute atomic E-state index is 0.0712. The first kappa shape index (κ1) is 23.0. The van der Waals surface area contributed by atoms with E-state index in [4.69, 9.17) is 22.1 Å². The molecule has 0 saturated carbocycles. The standard InChI is InChI=1S/C22H22ClN5O4S/c1-27(33(2,30)31)12-14-3-8-17(18(23)11-14)15-4-6-16(7-5-15)28-9-10-32-21-19(22(28)29)20(24)25-13-26-21/h3-8,11,13H,9-10,12H2,1-2H3,(H2,24,25,26). The van der Waals surface area contributed by atoms with E-state index in [1.54, 1.807) is 11.0 Å². The van der Waals surface area contributed by atoms with Crippen molar-refractivity contribution in [3.05, 3.63) is 64.9 Å². The molecule has 3 aromatic rings. The summed E-state index contributed by atoms with van der Waals surface area (Å²) in [5, 5.41) is 0.500. The van der Waals surface area contributed by atoms with E-state index in [-0.39, 0.29) is 36.3 Å². The Balaban J connectivity index is 1.58. The molecule has 0 spiro atoms. The molecule has 1 amide bonds. The van der Waals surface area contributed by atoms with Gasteiger partial charge in [-0.3, -0.25) is 4.79 Å². The molecule has 172 valence electrons. The molecule has 0 bridgehead atoms. The third-order valence-corrected chi connectivity index (χ3v) is 6.92. The van der Waals surface area contributed by atoms with Gasteiger partial charge in [0.1, 0.15) is 24.3 Å². The molecule has 0 radical (unpaired) electrons. The normalized spacial score (nSPS) is 14.1. The van der Waals surface area contributed by atoms with Crippen LogP contribution in [0.25, 0.3) is 11.1 Å². The number of fused-ring (bicyclic) bond motifs is 1. The van der Waals surface area contributed by atoms with Crippen molar-refractivity contribution in [2.75, 3.05) is 37.1 Å². The molecule has 2 heterocycles. The minimum atomic E-state index is -3.29. The third kappa shape index (κ3) is 4.77. The summed E-state index contributed by atoms with van der Waals surface area (Å²) in [5.74, 6) is -0.0762. The fraction of sp³-hybridized carbons (Fsp3) is 0.227. The predicted octanol–water partition coefficient (Wildman–Crippen LogP) is 2.81. The van der Waals surface area contributed by atoms with E-state index in [0.717, 1.165) is 22.9 Å². The Kier molecular flexibility index (Phi) is 6.24. The molecule has 9 nitrogen and oxygen atoms in total. The lowest BCUT2D eigenvalue weighted by atomic mass is 10.0. The van der Waals surface area contributed by atoms with Crippen LogP contribution in [0.15, 0.2) is 48.8 Å². The number of nitrogens with two attached hydrogens (primary N) is 1. The Bertz CT molecular complexity index is 1310. The van der Waals surface area contributed by atoms with E-state index in [1.165, 1.54) is 17.7 Å². The number of carbonyl (C=O) groups excluding carboxylic acids is 1. The summed E-state index contributed by atoms with van der Waals surface area (Å²) in [7, 11) is -1.77. The van der Waals surface area contributed by atoms with Crippen LogP contribution in [0.5, 0.6) is 5.88 Å². The number of halogens is 1. The summed E-state index contributed by atoms with van der Waals surface area (Å²) in [6.07, 6.45) is 2.42. The molecule has 0 unspecified atom stereocenters. The van der Waals surface area contributed by atoms with Crippen molar-refractivity contribution >= 4 is 39.0 Å². The molecular weight excluding hydrogens is 466 g/mol. The fourth-order valence-electron chi connectivity index (χ4n) is 3.50. The van der Waals surface area contributed by atoms with E-state index in [2.05, 4.69) is 9.97 Å². The number of benzene rings is 2. The third-order valence-electron chi connectivity index (χ3n) is 5.35. The van der Waals surface area contributed by atoms with Gasteiger partial charge >= 0.3 is 0 Å². The number of anilines is 2. The molecule has 0 saturated heterocycles. The van der Waals surface area contributed by atoms with Crippen LogP contribution in [0.3, 0.4) is 0 Å². The molecular formula is C22H22ClN5O4S. The van der Waals surface area contributed by atoms with E-state index in [9.17, 15) is 13.2 Å². The van der Waals surface area contributed by atoms with E-state index in [1.807, 2.05) is 36.4 Å². The molecule has 2 N–H and O–H groups in total. The number of hydrogen-bond donors (Lipinski definition) is 1. The Hall–Kier alpha value is -3.21. The minimum Gasteiger partial charge on any atom is -0.475 e. The number of amides is 1. The summed E-state index contributed by atoms with van der Waals surface area (Å²) in [6, 6.07) is 12.8. The second kappa shape index (κ2) is 8.97. The average Bonchev–Trinajstić information content (AvgIpc) is 2.93. The number of carbonyl (C=O) groups is 1. The monoisotopic (exact) mass is 487 g/mol. The molecule has 4 rings (SSSR count). The van der Waals surface area contributed by atoms with Gasteiger partial charge in [-0.2, -0.15) is 0 Å². The second-order valence-electron chi connectivity index (χ2n) is 7.62. The average molecular weight is 488 g/mol. The quantitative estimate of drug-likeness (QED) is 0.587. The van der Waals surface area contributed by atoms with Crippen molar-refractivity contribution in [3.8, 4) is 17.0 Å². The highest BCUT2D eigenvalue weighted by atomic mass is 35.5. The van der Waals surface area contributed by atoms with E-state index < -0.39 is 10.0 Å². The molecule has 0 atom stereocenters. The molecule has 1 aliphatic rings. The number of aromatic nitrogens is 2. The van der Waals surface area contributed by atoms with Crippen molar-refractivity contribution in [2.24, 2.45) is 0 Å². The van der Waals surface area contributed by atoms with Gasteiger partial charge in [0.05, 0.1) is 12.8 Å². The fourth-order valence-corrected chi connectivity index (χ4v) is 4.19. The predicted molar refractivity (Wildman–Crippen MR) is 127 cm³/mol. The Labute approximate surface area is 196 Å². The number of nitrogen functional groups attached to an aromatic ring is 1. The number of hydrogen-bond acceptors (Lipinski definition) is 7. The van der Waals surface area contributed by atoms with Crippen molar-refractivity contribution < 1.29 is 17.9 Å². The van der Waals surface area contributed by atoms with Gasteiger partial charge in [0, 0.05) is 29.9 Å². The first-order valence-electron chi connectivity index (χ1n) is 10.0. The van der Waals surface area contributed by atoms with Gasteiger partial charge in [-0.15, -0.1) is 0 Å². The lowest BCUT2D eigenvalue weighted by Gasteiger charge is -2.20. The van der Waals surface area contributed by atoms with Crippen LogP contribution < -0.4 is 15.4 Å². The smallest absolute Gasteiger partial charge is 0.267 e. The first-order valence-corrected chi connectivity index (χ1v) is 12.2. The van der Waals surface area contributed by atoms with Crippen LogP contribution in [-0.2, 0) is 16.6 Å². The summed E-state index contributed by atoms with van der Waals surface area (Å²) in [4.78, 5) is 22.6. The van der Waals surface area contributed by atoms with E-state index >= 15 is 0 Å². The largest absolute Gasteiger partial charge is 0.475 e. The summed E-state index contributed by atoms with van der Waals surface area (Å²) in [6.45, 7) is 0.828. The zero-order valence-corrected chi connectivity index (χ0v) is 19.6. The topological polar surface area (TPSA) is 119 Å². The maximum absolute atomic E-state index is 13.1. The van der Waals surface area contributed by atoms with Gasteiger partial charge in [-0.25, -0.2) is 22.7 Å². The number of ether oxygens (including phenoxy) is 1. The molecule has 1 aliphatic heterocycles. The van der Waals surface area contributed by atoms with Crippen molar-refractivity contribution in [1.82, 2.24) is 14.3 Å². The zero-order valence-electron chi connectivity index (χ0n) is 18.0. The van der Waals surface area contributed by atoms with Crippen LogP contribution in [0, 0.1) is 0 Å². The van der Waals surface area contributed by atoms with Crippen LogP contribution in [0.1, 0.15) is 15.9 Å². The van der Waals surface area contributed by atoms with Gasteiger partial charge < -0.3 is 15.4 Å². The summed E-state index contributed by atoms with van der Waals surface area (Å²) >= 11 is 6.49. The zero-order chi connectivity index (χ0) is 23.8. The molecule has 11 heteroatoms. The highest BCUT2D eigenvalue weighted by molar-refractivity contribution is 7.88. The van der Waals surface area contributed by atoms with Crippen LogP contribution in [0.4, 0.5) is 11.5 Å². The van der Waals surface area contributed by atoms with Crippen LogP contribution >= 0.6 is 11.6 Å². The SMILES string of the molecule is CN(Cc1ccc(-c2ccc(N3CCOc4ncnc(N)c4C3=O)cc2)c(Cl)c1)S(C)(=O)=O. The van der Waals surface area contributed by atoms with Crippen molar-refractivity contribution in [2.45, 2.75) is 6.54 Å². The van der Waals surface area contributed by atoms with Gasteiger partial charge in [0.25, 0.3) is 5.91 Å². The Morgan fingerprint density at radius 1 is 1.18 bits per heavy atom. The van der Waals surface area contributed by atoms with Gasteiger partial charge in [0.15, 0.2) is 0 Å². The van der Waals surface area contributed by atoms with Crippen molar-refractivity contribution in [3.63, 3.8) is 0 Å². The first-order chi connectivity index (χ1) is 15.6. The lowest BCUT2D eigenvalue weighted by molar-refractivity contribution is 0.0990. The van der Waals surface area contributed by atoms with Gasteiger partial charge in [-0.05, 0) is 29.3 Å². The maximum Gasteiger partial charge on any atom is 0.267 e. The van der Waals surface area contributed by atoms with Gasteiger partial charge in [0.2, 0.25) is 15.9 Å². The lowest BCUT2D eigenvalue weighted by Crippen LogP contribution is -2.32. The molecule has 0 fully saturated rings. The highest BCUT2D eigenvalue weighted by Gasteiger charge is 2.28. The molecule has 33 heavy (non-hydrogen) atoms. The number of sulfonamides is 1. The van der Waals surface area contributed by atoms with Crippen LogP contribution in [-0.4, -0.2) is 55.1 Å². The number of nitrogens with zero attached hydrogens (tertiary/aromatic N) is 4. The number of rotatable bonds is 5. The van der Waals surface area contributed by atoms with Crippen molar-refractivity contribution in [1.29, 1.82) is 0 Å².